The van der Waals surface area contributed by atoms with Gasteiger partial charge in [-0.05, 0) is 43.2 Å². The first-order valence-corrected chi connectivity index (χ1v) is 9.33. The van der Waals surface area contributed by atoms with Crippen molar-refractivity contribution in [3.63, 3.8) is 0 Å². The number of methoxy groups -OCH3 is 1. The summed E-state index contributed by atoms with van der Waals surface area (Å²) in [5, 5.41) is 0. The topological polar surface area (TPSA) is 129 Å². The Morgan fingerprint density at radius 3 is 2.50 bits per heavy atom. The van der Waals surface area contributed by atoms with E-state index in [0.29, 0.717) is 0 Å². The van der Waals surface area contributed by atoms with E-state index in [2.05, 4.69) is 20.6 Å². The highest BCUT2D eigenvalue weighted by molar-refractivity contribution is 7.89. The molecule has 0 unspecified atom stereocenters. The van der Waals surface area contributed by atoms with E-state index in [9.17, 15) is 18.0 Å². The summed E-state index contributed by atoms with van der Waals surface area (Å²) in [6.07, 6.45) is 3.14. The van der Waals surface area contributed by atoms with E-state index in [1.807, 2.05) is 0 Å². The van der Waals surface area contributed by atoms with Crippen molar-refractivity contribution in [3.05, 3.63) is 47.8 Å². The Morgan fingerprint density at radius 1 is 1.15 bits per heavy atom. The molecule has 3 rings (SSSR count). The molecule has 9 nitrogen and oxygen atoms in total. The average molecular weight is 378 g/mol. The number of rotatable bonds is 6. The largest absolute Gasteiger partial charge is 0.495 e. The van der Waals surface area contributed by atoms with E-state index in [-0.39, 0.29) is 27.9 Å². The summed E-state index contributed by atoms with van der Waals surface area (Å²) in [6.45, 7) is 0. The van der Waals surface area contributed by atoms with Crippen molar-refractivity contribution >= 4 is 21.8 Å². The molecule has 0 spiro atoms. The maximum absolute atomic E-state index is 12.5. The Bertz CT molecular complexity index is 920. The molecule has 1 aliphatic rings. The molecule has 0 atom stereocenters. The molecule has 0 radical (unpaired) electrons. The number of sulfonamides is 1. The van der Waals surface area contributed by atoms with Gasteiger partial charge in [0.15, 0.2) is 0 Å². The van der Waals surface area contributed by atoms with E-state index in [4.69, 9.17) is 4.74 Å². The number of amides is 2. The Kier molecular flexibility index (Phi) is 4.96. The van der Waals surface area contributed by atoms with Crippen LogP contribution in [0.5, 0.6) is 5.75 Å². The number of benzene rings is 1. The summed E-state index contributed by atoms with van der Waals surface area (Å²) in [5.41, 5.74) is 4.83. The number of aromatic amines is 1. The summed E-state index contributed by atoms with van der Waals surface area (Å²) in [7, 11) is -2.46. The monoisotopic (exact) mass is 378 g/mol. The summed E-state index contributed by atoms with van der Waals surface area (Å²) in [5.74, 6) is -1.05. The number of nitrogens with one attached hydrogen (secondary N) is 4. The van der Waals surface area contributed by atoms with Crippen molar-refractivity contribution in [1.29, 1.82) is 0 Å². The number of H-pyrrole nitrogens is 1. The number of hydrogen-bond donors (Lipinski definition) is 4. The molecule has 1 fully saturated rings. The number of aromatic nitrogens is 1. The minimum atomic E-state index is -3.81. The molecule has 2 amide bonds. The second kappa shape index (κ2) is 7.18. The van der Waals surface area contributed by atoms with Gasteiger partial charge in [-0.15, -0.1) is 0 Å². The highest BCUT2D eigenvalue weighted by atomic mass is 32.2. The van der Waals surface area contributed by atoms with Gasteiger partial charge in [-0.3, -0.25) is 20.4 Å². The van der Waals surface area contributed by atoms with Crippen LogP contribution in [0.15, 0.2) is 41.4 Å². The van der Waals surface area contributed by atoms with Crippen LogP contribution in [-0.4, -0.2) is 38.4 Å². The van der Waals surface area contributed by atoms with Crippen molar-refractivity contribution in [2.75, 3.05) is 7.11 Å². The normalized spacial score (nSPS) is 13.9. The zero-order chi connectivity index (χ0) is 18.7. The van der Waals surface area contributed by atoms with Crippen molar-refractivity contribution < 1.29 is 22.7 Å². The molecule has 1 saturated carbocycles. The molecule has 1 heterocycles. The minimum absolute atomic E-state index is 0.0637. The van der Waals surface area contributed by atoms with Gasteiger partial charge in [0.1, 0.15) is 16.3 Å². The summed E-state index contributed by atoms with van der Waals surface area (Å²) < 4.78 is 32.6. The van der Waals surface area contributed by atoms with E-state index < -0.39 is 21.8 Å². The standard InChI is InChI=1S/C16H18N4O5S/c1-25-13-7-4-10(9-14(13)26(23,24)20-11-5-6-11)15(21)18-19-16(22)12-3-2-8-17-12/h2-4,7-9,11,17,20H,5-6H2,1H3,(H,18,21)(H,19,22). The van der Waals surface area contributed by atoms with Gasteiger partial charge in [-0.25, -0.2) is 13.1 Å². The second-order valence-corrected chi connectivity index (χ2v) is 7.44. The van der Waals surface area contributed by atoms with E-state index in [0.717, 1.165) is 12.8 Å². The highest BCUT2D eigenvalue weighted by Crippen LogP contribution is 2.28. The van der Waals surface area contributed by atoms with Gasteiger partial charge < -0.3 is 9.72 Å². The summed E-state index contributed by atoms with van der Waals surface area (Å²) in [6, 6.07) is 7.11. The molecule has 138 valence electrons. The number of carbonyl (C=O) groups is 2. The lowest BCUT2D eigenvalue weighted by atomic mass is 10.2. The van der Waals surface area contributed by atoms with Crippen LogP contribution >= 0.6 is 0 Å². The van der Waals surface area contributed by atoms with Crippen LogP contribution < -0.4 is 20.3 Å². The first-order valence-electron chi connectivity index (χ1n) is 7.85. The van der Waals surface area contributed by atoms with Gasteiger partial charge >= 0.3 is 0 Å². The molecule has 0 aliphatic heterocycles. The molecule has 2 aromatic rings. The fourth-order valence-electron chi connectivity index (χ4n) is 2.24. The predicted molar refractivity (Wildman–Crippen MR) is 92.1 cm³/mol. The van der Waals surface area contributed by atoms with Gasteiger partial charge in [0.2, 0.25) is 10.0 Å². The SMILES string of the molecule is COc1ccc(C(=O)NNC(=O)c2ccc[nH]2)cc1S(=O)(=O)NC1CC1. The fourth-order valence-corrected chi connectivity index (χ4v) is 3.74. The van der Waals surface area contributed by atoms with Crippen LogP contribution in [0, 0.1) is 0 Å². The predicted octanol–water partition coefficient (Wildman–Crippen LogP) is 0.539. The van der Waals surface area contributed by atoms with Gasteiger partial charge in [-0.2, -0.15) is 0 Å². The number of ether oxygens (including phenoxy) is 1. The van der Waals surface area contributed by atoms with Crippen LogP contribution in [0.3, 0.4) is 0 Å². The van der Waals surface area contributed by atoms with Crippen molar-refractivity contribution in [1.82, 2.24) is 20.6 Å². The number of hydrogen-bond acceptors (Lipinski definition) is 5. The first-order chi connectivity index (χ1) is 12.4. The van der Waals surface area contributed by atoms with Crippen LogP contribution in [0.4, 0.5) is 0 Å². The Labute approximate surface area is 150 Å². The Morgan fingerprint density at radius 2 is 1.88 bits per heavy atom. The third-order valence-electron chi connectivity index (χ3n) is 3.75. The minimum Gasteiger partial charge on any atom is -0.495 e. The van der Waals surface area contributed by atoms with E-state index in [1.165, 1.54) is 25.3 Å². The maximum atomic E-state index is 12.5. The highest BCUT2D eigenvalue weighted by Gasteiger charge is 2.30. The number of hydrazine groups is 1. The van der Waals surface area contributed by atoms with Crippen molar-refractivity contribution in [2.45, 2.75) is 23.8 Å². The van der Waals surface area contributed by atoms with Gasteiger partial charge in [0.25, 0.3) is 11.8 Å². The second-order valence-electron chi connectivity index (χ2n) is 5.75. The lowest BCUT2D eigenvalue weighted by Crippen LogP contribution is -2.41. The van der Waals surface area contributed by atoms with Gasteiger partial charge in [0, 0.05) is 17.8 Å². The van der Waals surface area contributed by atoms with Crippen LogP contribution in [0.1, 0.15) is 33.7 Å². The molecular weight excluding hydrogens is 360 g/mol. The molecule has 1 aliphatic carbocycles. The van der Waals surface area contributed by atoms with Crippen LogP contribution in [0.25, 0.3) is 0 Å². The number of carbonyl (C=O) groups excluding carboxylic acids is 2. The van der Waals surface area contributed by atoms with Crippen LogP contribution in [0.2, 0.25) is 0 Å². The third kappa shape index (κ3) is 4.03. The van der Waals surface area contributed by atoms with Gasteiger partial charge in [-0.1, -0.05) is 0 Å². The maximum Gasteiger partial charge on any atom is 0.286 e. The zero-order valence-electron chi connectivity index (χ0n) is 13.9. The Balaban J connectivity index is 1.76. The van der Waals surface area contributed by atoms with Gasteiger partial charge in [0.05, 0.1) is 7.11 Å². The zero-order valence-corrected chi connectivity index (χ0v) is 14.7. The van der Waals surface area contributed by atoms with E-state index >= 15 is 0 Å². The van der Waals surface area contributed by atoms with Crippen LogP contribution in [-0.2, 0) is 10.0 Å². The van der Waals surface area contributed by atoms with E-state index in [1.54, 1.807) is 18.3 Å². The summed E-state index contributed by atoms with van der Waals surface area (Å²) >= 11 is 0. The molecule has 0 bridgehead atoms. The molecule has 0 saturated heterocycles. The molecule has 1 aromatic heterocycles. The van der Waals surface area contributed by atoms with Crippen molar-refractivity contribution in [3.8, 4) is 5.75 Å². The fraction of sp³-hybridized carbons (Fsp3) is 0.250. The molecule has 26 heavy (non-hydrogen) atoms. The molecule has 10 heteroatoms. The van der Waals surface area contributed by atoms with Crippen molar-refractivity contribution in [2.24, 2.45) is 0 Å². The Hall–Kier alpha value is -2.85. The molecular formula is C16H18N4O5S. The summed E-state index contributed by atoms with van der Waals surface area (Å²) in [4.78, 5) is 26.6. The third-order valence-corrected chi connectivity index (χ3v) is 5.29. The quantitative estimate of drug-likeness (QED) is 0.545. The molecule has 4 N–H and O–H groups in total. The first kappa shape index (κ1) is 18.0. The lowest BCUT2D eigenvalue weighted by molar-refractivity contribution is 0.0844. The smallest absolute Gasteiger partial charge is 0.286 e. The average Bonchev–Trinajstić information content (AvgIpc) is 3.25. The lowest BCUT2D eigenvalue weighted by Gasteiger charge is -2.12. The molecule has 1 aromatic carbocycles.